The number of nitro groups is 1. The van der Waals surface area contributed by atoms with Gasteiger partial charge in [0.15, 0.2) is 11.9 Å². The molecule has 7 heteroatoms. The number of carbonyl (C=O) groups is 2. The third-order valence-corrected chi connectivity index (χ3v) is 3.31. The summed E-state index contributed by atoms with van der Waals surface area (Å²) in [6.07, 6.45) is -0.448. The number of ether oxygens (including phenoxy) is 1. The van der Waals surface area contributed by atoms with Gasteiger partial charge in [-0.2, -0.15) is 0 Å². The number of amides is 1. The highest BCUT2D eigenvalue weighted by molar-refractivity contribution is 5.94. The molecule has 7 nitrogen and oxygen atoms in total. The molecule has 0 aromatic heterocycles. The first-order valence-electron chi connectivity index (χ1n) is 7.18. The van der Waals surface area contributed by atoms with E-state index in [2.05, 4.69) is 5.32 Å². The Morgan fingerprint density at radius 1 is 1.25 bits per heavy atom. The lowest BCUT2D eigenvalue weighted by Crippen LogP contribution is -2.30. The smallest absolute Gasteiger partial charge is 0.311 e. The first-order valence-corrected chi connectivity index (χ1v) is 7.18. The van der Waals surface area contributed by atoms with Crippen LogP contribution in [-0.4, -0.2) is 23.2 Å². The third kappa shape index (κ3) is 4.16. The summed E-state index contributed by atoms with van der Waals surface area (Å²) in [5.41, 5.74) is 1.45. The number of hydrogen-bond acceptors (Lipinski definition) is 5. The monoisotopic (exact) mass is 328 g/mol. The first-order chi connectivity index (χ1) is 11.4. The second-order valence-corrected chi connectivity index (χ2v) is 5.22. The van der Waals surface area contributed by atoms with E-state index in [1.54, 1.807) is 12.1 Å². The highest BCUT2D eigenvalue weighted by Crippen LogP contribution is 2.28. The van der Waals surface area contributed by atoms with Gasteiger partial charge in [0.05, 0.1) is 4.92 Å². The van der Waals surface area contributed by atoms with Crippen molar-refractivity contribution in [3.8, 4) is 5.75 Å². The predicted octanol–water partition coefficient (Wildman–Crippen LogP) is 3.12. The van der Waals surface area contributed by atoms with Crippen LogP contribution < -0.4 is 10.1 Å². The average molecular weight is 328 g/mol. The predicted molar refractivity (Wildman–Crippen MR) is 88.4 cm³/mol. The van der Waals surface area contributed by atoms with Crippen LogP contribution in [0.15, 0.2) is 42.5 Å². The molecule has 0 bridgehead atoms. The van der Waals surface area contributed by atoms with Gasteiger partial charge >= 0.3 is 5.69 Å². The summed E-state index contributed by atoms with van der Waals surface area (Å²) in [4.78, 5) is 33.3. The van der Waals surface area contributed by atoms with Gasteiger partial charge in [-0.25, -0.2) is 0 Å². The van der Waals surface area contributed by atoms with Crippen LogP contribution in [0.5, 0.6) is 5.75 Å². The van der Waals surface area contributed by atoms with Gasteiger partial charge in [0.1, 0.15) is 6.29 Å². The summed E-state index contributed by atoms with van der Waals surface area (Å²) in [5.74, 6) is -0.509. The molecule has 0 fully saturated rings. The van der Waals surface area contributed by atoms with Gasteiger partial charge in [-0.05, 0) is 38.1 Å². The van der Waals surface area contributed by atoms with Crippen molar-refractivity contribution in [1.82, 2.24) is 0 Å². The van der Waals surface area contributed by atoms with Crippen molar-refractivity contribution in [2.24, 2.45) is 0 Å². The molecule has 24 heavy (non-hydrogen) atoms. The van der Waals surface area contributed by atoms with Crippen molar-refractivity contribution in [1.29, 1.82) is 0 Å². The molecule has 2 aromatic carbocycles. The maximum Gasteiger partial charge on any atom is 0.311 e. The van der Waals surface area contributed by atoms with Gasteiger partial charge in [-0.1, -0.05) is 17.7 Å². The number of aldehydes is 1. The molecule has 1 atom stereocenters. The van der Waals surface area contributed by atoms with Crippen LogP contribution >= 0.6 is 0 Å². The van der Waals surface area contributed by atoms with Gasteiger partial charge < -0.3 is 10.1 Å². The van der Waals surface area contributed by atoms with E-state index in [0.717, 1.165) is 11.6 Å². The second-order valence-electron chi connectivity index (χ2n) is 5.22. The van der Waals surface area contributed by atoms with Crippen LogP contribution in [-0.2, 0) is 4.79 Å². The first kappa shape index (κ1) is 17.1. The van der Waals surface area contributed by atoms with Crippen LogP contribution in [0.1, 0.15) is 22.8 Å². The Morgan fingerprint density at radius 3 is 2.50 bits per heavy atom. The van der Waals surface area contributed by atoms with E-state index in [9.17, 15) is 19.7 Å². The molecule has 0 heterocycles. The highest BCUT2D eigenvalue weighted by Gasteiger charge is 2.21. The summed E-state index contributed by atoms with van der Waals surface area (Å²) in [6.45, 7) is 3.42. The van der Waals surface area contributed by atoms with E-state index in [1.807, 2.05) is 19.1 Å². The van der Waals surface area contributed by atoms with Gasteiger partial charge in [-0.3, -0.25) is 19.7 Å². The number of benzene rings is 2. The third-order valence-electron chi connectivity index (χ3n) is 3.31. The van der Waals surface area contributed by atoms with Gasteiger partial charge in [0.25, 0.3) is 5.91 Å². The van der Waals surface area contributed by atoms with E-state index in [4.69, 9.17) is 4.74 Å². The van der Waals surface area contributed by atoms with E-state index < -0.39 is 16.9 Å². The zero-order chi connectivity index (χ0) is 17.7. The Balaban J connectivity index is 2.12. The van der Waals surface area contributed by atoms with Gasteiger partial charge in [0, 0.05) is 17.3 Å². The highest BCUT2D eigenvalue weighted by atomic mass is 16.6. The Morgan fingerprint density at radius 2 is 1.92 bits per heavy atom. The number of carbonyl (C=O) groups excluding carboxylic acids is 2. The number of nitro benzene ring substituents is 1. The minimum Gasteiger partial charge on any atom is -0.474 e. The Hall–Kier alpha value is -3.22. The van der Waals surface area contributed by atoms with E-state index in [-0.39, 0.29) is 17.0 Å². The van der Waals surface area contributed by atoms with Crippen molar-refractivity contribution >= 4 is 23.6 Å². The van der Waals surface area contributed by atoms with E-state index in [1.165, 1.54) is 19.1 Å². The number of nitrogens with zero attached hydrogens (tertiary/aromatic N) is 1. The van der Waals surface area contributed by atoms with Crippen molar-refractivity contribution in [2.75, 3.05) is 5.32 Å². The molecule has 1 N–H and O–H groups in total. The molecule has 124 valence electrons. The van der Waals surface area contributed by atoms with Crippen molar-refractivity contribution in [3.05, 3.63) is 63.7 Å². The maximum atomic E-state index is 12.1. The molecule has 0 aliphatic carbocycles. The zero-order valence-electron chi connectivity index (χ0n) is 13.2. The molecule has 0 unspecified atom stereocenters. The Kier molecular flexibility index (Phi) is 5.26. The fourth-order valence-electron chi connectivity index (χ4n) is 1.97. The summed E-state index contributed by atoms with van der Waals surface area (Å²) in [5, 5.41) is 13.7. The van der Waals surface area contributed by atoms with Gasteiger partial charge in [0.2, 0.25) is 0 Å². The molecule has 0 aliphatic heterocycles. The second kappa shape index (κ2) is 7.36. The largest absolute Gasteiger partial charge is 0.474 e. The Labute approximate surface area is 138 Å². The molecule has 0 aliphatic rings. The average Bonchev–Trinajstić information content (AvgIpc) is 2.57. The van der Waals surface area contributed by atoms with Crippen molar-refractivity contribution in [3.63, 3.8) is 0 Å². The summed E-state index contributed by atoms with van der Waals surface area (Å²) < 4.78 is 5.39. The van der Waals surface area contributed by atoms with Crippen molar-refractivity contribution in [2.45, 2.75) is 20.0 Å². The van der Waals surface area contributed by atoms with E-state index in [0.29, 0.717) is 12.0 Å². The van der Waals surface area contributed by atoms with Gasteiger partial charge in [-0.15, -0.1) is 0 Å². The summed E-state index contributed by atoms with van der Waals surface area (Å²) >= 11 is 0. The lowest BCUT2D eigenvalue weighted by Gasteiger charge is -2.15. The summed E-state index contributed by atoms with van der Waals surface area (Å²) in [7, 11) is 0. The number of nitrogens with one attached hydrogen (secondary N) is 1. The van der Waals surface area contributed by atoms with Crippen LogP contribution in [0.25, 0.3) is 0 Å². The minimum absolute atomic E-state index is 0.0721. The van der Waals surface area contributed by atoms with Crippen LogP contribution in [0, 0.1) is 17.0 Å². The maximum absolute atomic E-state index is 12.1. The lowest BCUT2D eigenvalue weighted by molar-refractivity contribution is -0.386. The SMILES string of the molecule is Cc1ccc(NC(=O)[C@@H](C)Oc2ccc(C=O)cc2[N+](=O)[O-])cc1. The molecule has 2 rings (SSSR count). The van der Waals surface area contributed by atoms with Crippen molar-refractivity contribution < 1.29 is 19.2 Å². The number of hydrogen-bond donors (Lipinski definition) is 1. The van der Waals surface area contributed by atoms with E-state index >= 15 is 0 Å². The molecule has 0 saturated heterocycles. The van der Waals surface area contributed by atoms with Crippen LogP contribution in [0.3, 0.4) is 0 Å². The Bertz CT molecular complexity index is 771. The molecule has 1 amide bonds. The molecular weight excluding hydrogens is 312 g/mol. The number of rotatable bonds is 6. The molecule has 0 saturated carbocycles. The molecule has 2 aromatic rings. The normalized spacial score (nSPS) is 11.4. The molecule has 0 spiro atoms. The standard InChI is InChI=1S/C17H16N2O5/c1-11-3-6-14(7-4-11)18-17(21)12(2)24-16-8-5-13(10-20)9-15(16)19(22)23/h3-10,12H,1-2H3,(H,18,21)/t12-/m1/s1. The molecule has 0 radical (unpaired) electrons. The minimum atomic E-state index is -0.952. The lowest BCUT2D eigenvalue weighted by atomic mass is 10.2. The molecular formula is C17H16N2O5. The number of aryl methyl sites for hydroxylation is 1. The fraction of sp³-hybridized carbons (Fsp3) is 0.176. The number of anilines is 1. The van der Waals surface area contributed by atoms with Crippen LogP contribution in [0.4, 0.5) is 11.4 Å². The quantitative estimate of drug-likeness (QED) is 0.499. The topological polar surface area (TPSA) is 98.5 Å². The zero-order valence-corrected chi connectivity index (χ0v) is 13.2. The summed E-state index contributed by atoms with van der Waals surface area (Å²) in [6, 6.07) is 11.0. The van der Waals surface area contributed by atoms with Crippen LogP contribution in [0.2, 0.25) is 0 Å². The fourth-order valence-corrected chi connectivity index (χ4v) is 1.97.